The predicted molar refractivity (Wildman–Crippen MR) is 149 cm³/mol. The first-order valence-electron chi connectivity index (χ1n) is 12.2. The first-order valence-corrected chi connectivity index (χ1v) is 12.2. The second kappa shape index (κ2) is 10.6. The molecular formula is C30H23F3N6O. The molecule has 2 N–H and O–H groups in total. The molecule has 0 radical (unpaired) electrons. The van der Waals surface area contributed by atoms with Gasteiger partial charge in [-0.05, 0) is 74.0 Å². The van der Waals surface area contributed by atoms with Crippen LogP contribution in [0.1, 0.15) is 32.9 Å². The minimum atomic E-state index is -4.55. The van der Waals surface area contributed by atoms with Gasteiger partial charge in [-0.3, -0.25) is 9.78 Å². The Bertz CT molecular complexity index is 1750. The van der Waals surface area contributed by atoms with E-state index in [-0.39, 0.29) is 5.56 Å². The number of carbonyl (C=O) groups excluding carboxylic acids is 1. The standard InChI is InChI=1S/C30H23F3N6O/c1-4-25-27-20(15-35-29(39-27)37-23-11-9-18(3)34-16-23)13-26(38-25)24-14-22(10-8-17(24)2)36-28(40)19-6-5-7-21(12-19)30(31,32)33/h4-16H,1H2,2-3H3,(H,36,40)(H,35,37,39). The number of nitrogens with one attached hydrogen (secondary N) is 2. The van der Waals surface area contributed by atoms with Crippen molar-refractivity contribution in [3.8, 4) is 11.3 Å². The molecule has 7 nitrogen and oxygen atoms in total. The molecule has 200 valence electrons. The number of benzene rings is 2. The van der Waals surface area contributed by atoms with Gasteiger partial charge in [-0.25, -0.2) is 15.0 Å². The molecule has 0 saturated heterocycles. The maximum absolute atomic E-state index is 13.1. The molecule has 0 atom stereocenters. The van der Waals surface area contributed by atoms with Crippen LogP contribution >= 0.6 is 0 Å². The fourth-order valence-electron chi connectivity index (χ4n) is 4.09. The molecule has 0 fully saturated rings. The highest BCUT2D eigenvalue weighted by Gasteiger charge is 2.31. The summed E-state index contributed by atoms with van der Waals surface area (Å²) in [4.78, 5) is 30.8. The Morgan fingerprint density at radius 3 is 2.45 bits per heavy atom. The highest BCUT2D eigenvalue weighted by Crippen LogP contribution is 2.31. The average molecular weight is 541 g/mol. The highest BCUT2D eigenvalue weighted by molar-refractivity contribution is 6.04. The lowest BCUT2D eigenvalue weighted by atomic mass is 10.0. The number of hydrogen-bond acceptors (Lipinski definition) is 6. The number of aromatic nitrogens is 4. The summed E-state index contributed by atoms with van der Waals surface area (Å²) in [7, 11) is 0. The van der Waals surface area contributed by atoms with E-state index in [1.165, 1.54) is 12.1 Å². The van der Waals surface area contributed by atoms with Gasteiger partial charge >= 0.3 is 6.18 Å². The van der Waals surface area contributed by atoms with Crippen molar-refractivity contribution in [2.75, 3.05) is 10.6 Å². The Morgan fingerprint density at radius 1 is 0.925 bits per heavy atom. The Hall–Kier alpha value is -5.12. The van der Waals surface area contributed by atoms with Crippen molar-refractivity contribution >= 4 is 40.2 Å². The van der Waals surface area contributed by atoms with E-state index in [0.29, 0.717) is 28.5 Å². The number of aryl methyl sites for hydroxylation is 2. The third-order valence-electron chi connectivity index (χ3n) is 6.18. The highest BCUT2D eigenvalue weighted by atomic mass is 19.4. The Balaban J connectivity index is 1.45. The number of pyridine rings is 2. The molecule has 0 saturated carbocycles. The van der Waals surface area contributed by atoms with Gasteiger partial charge in [-0.1, -0.05) is 18.7 Å². The van der Waals surface area contributed by atoms with Gasteiger partial charge in [0.1, 0.15) is 5.52 Å². The second-order valence-electron chi connectivity index (χ2n) is 9.10. The number of carbonyl (C=O) groups is 1. The minimum absolute atomic E-state index is 0.0993. The normalized spacial score (nSPS) is 11.3. The number of nitrogens with zero attached hydrogens (tertiary/aromatic N) is 4. The molecule has 2 aromatic carbocycles. The summed E-state index contributed by atoms with van der Waals surface area (Å²) in [6.45, 7) is 7.68. The maximum atomic E-state index is 13.1. The van der Waals surface area contributed by atoms with Gasteiger partial charge in [-0.2, -0.15) is 13.2 Å². The number of fused-ring (bicyclic) bond motifs is 1. The number of halogens is 3. The first kappa shape index (κ1) is 26.5. The van der Waals surface area contributed by atoms with E-state index in [0.717, 1.165) is 40.0 Å². The van der Waals surface area contributed by atoms with E-state index in [1.807, 2.05) is 32.0 Å². The summed E-state index contributed by atoms with van der Waals surface area (Å²) in [6.07, 6.45) is 0.431. The fraction of sp³-hybridized carbons (Fsp3) is 0.100. The maximum Gasteiger partial charge on any atom is 0.416 e. The van der Waals surface area contributed by atoms with Crippen molar-refractivity contribution in [1.82, 2.24) is 19.9 Å². The topological polar surface area (TPSA) is 92.7 Å². The summed E-state index contributed by atoms with van der Waals surface area (Å²) >= 11 is 0. The van der Waals surface area contributed by atoms with Crippen LogP contribution < -0.4 is 10.6 Å². The van der Waals surface area contributed by atoms with Gasteiger partial charge < -0.3 is 10.6 Å². The Morgan fingerprint density at radius 2 is 1.73 bits per heavy atom. The Kier molecular flexibility index (Phi) is 7.00. The lowest BCUT2D eigenvalue weighted by Crippen LogP contribution is -2.14. The summed E-state index contributed by atoms with van der Waals surface area (Å²) in [5.41, 5.74) is 4.40. The van der Waals surface area contributed by atoms with Crippen LogP contribution in [0, 0.1) is 13.8 Å². The van der Waals surface area contributed by atoms with Crippen molar-refractivity contribution in [2.24, 2.45) is 0 Å². The molecule has 0 unspecified atom stereocenters. The summed E-state index contributed by atoms with van der Waals surface area (Å²) in [6, 6.07) is 15.1. The number of alkyl halides is 3. The van der Waals surface area contributed by atoms with Gasteiger partial charge in [0, 0.05) is 34.1 Å². The smallest absolute Gasteiger partial charge is 0.323 e. The van der Waals surface area contributed by atoms with Crippen LogP contribution in [0.2, 0.25) is 0 Å². The lowest BCUT2D eigenvalue weighted by molar-refractivity contribution is -0.137. The van der Waals surface area contributed by atoms with E-state index in [2.05, 4.69) is 32.2 Å². The van der Waals surface area contributed by atoms with Crippen LogP contribution in [0.4, 0.5) is 30.5 Å². The van der Waals surface area contributed by atoms with E-state index >= 15 is 0 Å². The van der Waals surface area contributed by atoms with Gasteiger partial charge in [0.25, 0.3) is 5.91 Å². The van der Waals surface area contributed by atoms with Crippen LogP contribution in [0.5, 0.6) is 0 Å². The van der Waals surface area contributed by atoms with Crippen LogP contribution in [-0.4, -0.2) is 25.8 Å². The zero-order valence-corrected chi connectivity index (χ0v) is 21.5. The third kappa shape index (κ3) is 5.65. The average Bonchev–Trinajstić information content (AvgIpc) is 2.94. The van der Waals surface area contributed by atoms with Gasteiger partial charge in [0.2, 0.25) is 5.95 Å². The number of rotatable bonds is 6. The Labute approximate surface area is 227 Å². The number of amides is 1. The van der Waals surface area contributed by atoms with Crippen LogP contribution in [0.25, 0.3) is 28.2 Å². The van der Waals surface area contributed by atoms with Crippen LogP contribution in [-0.2, 0) is 6.18 Å². The monoisotopic (exact) mass is 540 g/mol. The SMILES string of the molecule is C=Cc1nc(-c2cc(NC(=O)c3cccc(C(F)(F)F)c3)ccc2C)cc2cnc(Nc3ccc(C)nc3)nc12. The van der Waals surface area contributed by atoms with Crippen molar-refractivity contribution in [2.45, 2.75) is 20.0 Å². The minimum Gasteiger partial charge on any atom is -0.323 e. The van der Waals surface area contributed by atoms with E-state index in [1.54, 1.807) is 36.7 Å². The van der Waals surface area contributed by atoms with Crippen molar-refractivity contribution in [3.63, 3.8) is 0 Å². The first-order chi connectivity index (χ1) is 19.1. The number of anilines is 3. The molecule has 0 aliphatic rings. The van der Waals surface area contributed by atoms with Gasteiger partial charge in [0.15, 0.2) is 0 Å². The molecule has 0 bridgehead atoms. The summed E-state index contributed by atoms with van der Waals surface area (Å²) in [5, 5.41) is 6.54. The molecule has 0 aliphatic carbocycles. The zero-order chi connectivity index (χ0) is 28.4. The van der Waals surface area contributed by atoms with Crippen molar-refractivity contribution in [1.29, 1.82) is 0 Å². The van der Waals surface area contributed by atoms with E-state index < -0.39 is 17.6 Å². The van der Waals surface area contributed by atoms with Crippen molar-refractivity contribution < 1.29 is 18.0 Å². The molecule has 3 aromatic heterocycles. The molecule has 10 heteroatoms. The second-order valence-corrected chi connectivity index (χ2v) is 9.10. The summed E-state index contributed by atoms with van der Waals surface area (Å²) in [5.74, 6) is -0.275. The predicted octanol–water partition coefficient (Wildman–Crippen LogP) is 7.36. The zero-order valence-electron chi connectivity index (χ0n) is 21.5. The van der Waals surface area contributed by atoms with Gasteiger partial charge in [-0.15, -0.1) is 0 Å². The molecular weight excluding hydrogens is 517 g/mol. The molecule has 1 amide bonds. The molecule has 0 aliphatic heterocycles. The molecule has 3 heterocycles. The quantitative estimate of drug-likeness (QED) is 0.234. The largest absolute Gasteiger partial charge is 0.416 e. The number of hydrogen-bond donors (Lipinski definition) is 2. The van der Waals surface area contributed by atoms with Gasteiger partial charge in [0.05, 0.1) is 28.8 Å². The lowest BCUT2D eigenvalue weighted by Gasteiger charge is -2.13. The van der Waals surface area contributed by atoms with E-state index in [4.69, 9.17) is 4.98 Å². The van der Waals surface area contributed by atoms with Crippen LogP contribution in [0.15, 0.2) is 79.6 Å². The molecule has 40 heavy (non-hydrogen) atoms. The third-order valence-corrected chi connectivity index (χ3v) is 6.18. The molecule has 0 spiro atoms. The molecule has 5 rings (SSSR count). The van der Waals surface area contributed by atoms with Crippen LogP contribution in [0.3, 0.4) is 0 Å². The fourth-order valence-corrected chi connectivity index (χ4v) is 4.09. The summed E-state index contributed by atoms with van der Waals surface area (Å²) < 4.78 is 39.3. The van der Waals surface area contributed by atoms with E-state index in [9.17, 15) is 18.0 Å². The molecule has 5 aromatic rings. The van der Waals surface area contributed by atoms with Crippen molar-refractivity contribution in [3.05, 3.63) is 108 Å².